The molecule has 2 aliphatic rings. The zero-order valence-electron chi connectivity index (χ0n) is 12.4. The lowest BCUT2D eigenvalue weighted by atomic mass is 9.89. The van der Waals surface area contributed by atoms with Gasteiger partial charge in [-0.25, -0.2) is 4.79 Å². The number of carbonyl (C=O) groups excluding carboxylic acids is 1. The zero-order valence-corrected chi connectivity index (χ0v) is 13.9. The fourth-order valence-electron chi connectivity index (χ4n) is 3.48. The highest BCUT2D eigenvalue weighted by molar-refractivity contribution is 6.35. The van der Waals surface area contributed by atoms with Crippen molar-refractivity contribution in [1.82, 2.24) is 4.90 Å². The number of hydrogen-bond donors (Lipinski definition) is 1. The van der Waals surface area contributed by atoms with Gasteiger partial charge in [-0.3, -0.25) is 9.69 Å². The summed E-state index contributed by atoms with van der Waals surface area (Å²) in [6.07, 6.45) is 4.18. The Kier molecular flexibility index (Phi) is 4.54. The molecule has 1 amide bonds. The number of aliphatic carboxylic acids is 1. The molecule has 1 spiro atoms. The first-order chi connectivity index (χ1) is 10.9. The zero-order chi connectivity index (χ0) is 16.6. The van der Waals surface area contributed by atoms with E-state index in [-0.39, 0.29) is 12.2 Å². The average Bonchev–Trinajstić information content (AvgIpc) is 2.85. The summed E-state index contributed by atoms with van der Waals surface area (Å²) in [6.45, 7) is 0.00930. The Morgan fingerprint density at radius 3 is 2.30 bits per heavy atom. The molecule has 0 aromatic heterocycles. The van der Waals surface area contributed by atoms with Gasteiger partial charge in [0.1, 0.15) is 5.72 Å². The number of rotatable bonds is 2. The molecular weight excluding hydrogens is 341 g/mol. The first-order valence-corrected chi connectivity index (χ1v) is 8.35. The van der Waals surface area contributed by atoms with Gasteiger partial charge in [-0.05, 0) is 43.9 Å². The highest BCUT2D eigenvalue weighted by atomic mass is 35.5. The third-order valence-corrected chi connectivity index (χ3v) is 4.95. The second-order valence-electron chi connectivity index (χ2n) is 6.01. The summed E-state index contributed by atoms with van der Waals surface area (Å²) in [5, 5.41) is 10.2. The molecule has 1 aromatic carbocycles. The van der Waals surface area contributed by atoms with E-state index in [1.165, 1.54) is 23.1 Å². The molecule has 1 heterocycles. The van der Waals surface area contributed by atoms with Gasteiger partial charge in [-0.2, -0.15) is 0 Å². The fourth-order valence-corrected chi connectivity index (χ4v) is 4.00. The van der Waals surface area contributed by atoms with Gasteiger partial charge < -0.3 is 9.84 Å². The van der Waals surface area contributed by atoms with Crippen LogP contribution < -0.4 is 0 Å². The Labute approximate surface area is 144 Å². The molecule has 1 saturated heterocycles. The van der Waals surface area contributed by atoms with Crippen LogP contribution in [0.4, 0.5) is 0 Å². The molecule has 1 aliphatic heterocycles. The van der Waals surface area contributed by atoms with Crippen LogP contribution in [-0.4, -0.2) is 40.3 Å². The Morgan fingerprint density at radius 2 is 1.74 bits per heavy atom. The van der Waals surface area contributed by atoms with Crippen molar-refractivity contribution in [2.24, 2.45) is 0 Å². The van der Waals surface area contributed by atoms with Crippen molar-refractivity contribution in [1.29, 1.82) is 0 Å². The number of nitrogens with zero attached hydrogens (tertiary/aromatic N) is 1. The minimum absolute atomic E-state index is 0.00930. The lowest BCUT2D eigenvalue weighted by Gasteiger charge is -2.41. The Bertz CT molecular complexity index is 623. The van der Waals surface area contributed by atoms with Crippen LogP contribution in [0.15, 0.2) is 18.2 Å². The largest absolute Gasteiger partial charge is 0.480 e. The van der Waals surface area contributed by atoms with Crippen molar-refractivity contribution in [3.05, 3.63) is 33.8 Å². The maximum absolute atomic E-state index is 13.0. The molecule has 124 valence electrons. The maximum Gasteiger partial charge on any atom is 0.328 e. The molecule has 0 radical (unpaired) electrons. The van der Waals surface area contributed by atoms with Crippen LogP contribution in [0.5, 0.6) is 0 Å². The third kappa shape index (κ3) is 3.05. The van der Waals surface area contributed by atoms with E-state index >= 15 is 0 Å². The summed E-state index contributed by atoms with van der Waals surface area (Å²) in [4.78, 5) is 26.0. The Balaban J connectivity index is 2.00. The second-order valence-corrected chi connectivity index (χ2v) is 6.88. The predicted molar refractivity (Wildman–Crippen MR) is 85.8 cm³/mol. The molecule has 1 aromatic rings. The summed E-state index contributed by atoms with van der Waals surface area (Å²) in [5.74, 6) is -1.46. The molecule has 1 atom stereocenters. The van der Waals surface area contributed by atoms with Crippen molar-refractivity contribution >= 4 is 35.1 Å². The van der Waals surface area contributed by atoms with E-state index in [0.29, 0.717) is 22.9 Å². The van der Waals surface area contributed by atoms with Crippen LogP contribution in [0.25, 0.3) is 0 Å². The van der Waals surface area contributed by atoms with E-state index in [2.05, 4.69) is 0 Å². The standard InChI is InChI=1S/C16H17Cl2NO4/c17-11-6-10(7-12(18)8-11)14(20)19-13(15(21)22)9-23-16(19)4-2-1-3-5-16/h6-8,13H,1-5,9H2,(H,21,22). The van der Waals surface area contributed by atoms with Crippen molar-refractivity contribution in [2.75, 3.05) is 6.61 Å². The highest BCUT2D eigenvalue weighted by Crippen LogP contribution is 2.41. The van der Waals surface area contributed by atoms with Gasteiger partial charge >= 0.3 is 5.97 Å². The fraction of sp³-hybridized carbons (Fsp3) is 0.500. The van der Waals surface area contributed by atoms with E-state index in [1.807, 2.05) is 0 Å². The lowest BCUT2D eigenvalue weighted by molar-refractivity contribution is -0.143. The van der Waals surface area contributed by atoms with E-state index in [4.69, 9.17) is 27.9 Å². The number of benzene rings is 1. The minimum Gasteiger partial charge on any atom is -0.480 e. The number of carboxylic acids is 1. The van der Waals surface area contributed by atoms with E-state index < -0.39 is 23.6 Å². The number of amides is 1. The predicted octanol–water partition coefficient (Wildman–Crippen LogP) is 3.58. The molecule has 0 bridgehead atoms. The van der Waals surface area contributed by atoms with Crippen molar-refractivity contribution in [3.63, 3.8) is 0 Å². The first kappa shape index (κ1) is 16.6. The molecule has 3 rings (SSSR count). The second kappa shape index (κ2) is 6.30. The van der Waals surface area contributed by atoms with Gasteiger partial charge in [-0.15, -0.1) is 0 Å². The molecular formula is C16H17Cl2NO4. The number of hydrogen-bond acceptors (Lipinski definition) is 3. The molecule has 1 aliphatic carbocycles. The molecule has 1 N–H and O–H groups in total. The monoisotopic (exact) mass is 357 g/mol. The van der Waals surface area contributed by atoms with Gasteiger partial charge in [0.05, 0.1) is 6.61 Å². The SMILES string of the molecule is O=C(O)C1COC2(CCCCC2)N1C(=O)c1cc(Cl)cc(Cl)c1. The van der Waals surface area contributed by atoms with E-state index in [1.54, 1.807) is 0 Å². The van der Waals surface area contributed by atoms with E-state index in [0.717, 1.165) is 19.3 Å². The van der Waals surface area contributed by atoms with Gasteiger partial charge in [0.15, 0.2) is 6.04 Å². The van der Waals surface area contributed by atoms with Gasteiger partial charge in [0.25, 0.3) is 5.91 Å². The van der Waals surface area contributed by atoms with Gasteiger partial charge in [0, 0.05) is 15.6 Å². The molecule has 7 heteroatoms. The number of carbonyl (C=O) groups is 2. The first-order valence-electron chi connectivity index (χ1n) is 7.59. The van der Waals surface area contributed by atoms with E-state index in [9.17, 15) is 14.7 Å². The van der Waals surface area contributed by atoms with Crippen LogP contribution in [-0.2, 0) is 9.53 Å². The summed E-state index contributed by atoms with van der Waals surface area (Å²) in [5.41, 5.74) is -0.545. The van der Waals surface area contributed by atoms with Crippen molar-refractivity contribution < 1.29 is 19.4 Å². The van der Waals surface area contributed by atoms with Crippen molar-refractivity contribution in [3.8, 4) is 0 Å². The topological polar surface area (TPSA) is 66.8 Å². The molecule has 23 heavy (non-hydrogen) atoms. The Hall–Kier alpha value is -1.30. The van der Waals surface area contributed by atoms with Crippen LogP contribution in [0.2, 0.25) is 10.0 Å². The maximum atomic E-state index is 13.0. The summed E-state index contributed by atoms with van der Waals surface area (Å²) >= 11 is 11.9. The number of carboxylic acid groups (broad SMARTS) is 1. The highest BCUT2D eigenvalue weighted by Gasteiger charge is 2.53. The van der Waals surface area contributed by atoms with Crippen LogP contribution in [0.3, 0.4) is 0 Å². The average molecular weight is 358 g/mol. The van der Waals surface area contributed by atoms with Crippen LogP contribution >= 0.6 is 23.2 Å². The molecule has 1 saturated carbocycles. The summed E-state index contributed by atoms with van der Waals surface area (Å²) < 4.78 is 5.83. The summed E-state index contributed by atoms with van der Waals surface area (Å²) in [7, 11) is 0. The van der Waals surface area contributed by atoms with Gasteiger partial charge in [0.2, 0.25) is 0 Å². The lowest BCUT2D eigenvalue weighted by Crippen LogP contribution is -2.54. The summed E-state index contributed by atoms with van der Waals surface area (Å²) in [6, 6.07) is 3.55. The number of halogens is 2. The van der Waals surface area contributed by atoms with Gasteiger partial charge in [-0.1, -0.05) is 29.6 Å². The Morgan fingerprint density at radius 1 is 1.13 bits per heavy atom. The molecule has 1 unspecified atom stereocenters. The molecule has 2 fully saturated rings. The smallest absolute Gasteiger partial charge is 0.328 e. The number of ether oxygens (including phenoxy) is 1. The normalized spacial score (nSPS) is 23.2. The van der Waals surface area contributed by atoms with Crippen LogP contribution in [0.1, 0.15) is 42.5 Å². The third-order valence-electron chi connectivity index (χ3n) is 4.51. The quantitative estimate of drug-likeness (QED) is 0.878. The van der Waals surface area contributed by atoms with Crippen molar-refractivity contribution in [2.45, 2.75) is 43.9 Å². The van der Waals surface area contributed by atoms with Crippen LogP contribution in [0, 0.1) is 0 Å². The molecule has 5 nitrogen and oxygen atoms in total. The minimum atomic E-state index is -1.06.